The lowest BCUT2D eigenvalue weighted by atomic mass is 10.2. The van der Waals surface area contributed by atoms with E-state index >= 15 is 0 Å². The Morgan fingerprint density at radius 3 is 2.90 bits per heavy atom. The second kappa shape index (κ2) is 6.30. The fourth-order valence-corrected chi connectivity index (χ4v) is 2.56. The minimum Gasteiger partial charge on any atom is -0.488 e. The van der Waals surface area contributed by atoms with Crippen molar-refractivity contribution in [2.75, 3.05) is 5.32 Å². The summed E-state index contributed by atoms with van der Waals surface area (Å²) in [6.45, 7) is 0. The number of benzene rings is 1. The third-order valence-corrected chi connectivity index (χ3v) is 3.56. The van der Waals surface area contributed by atoms with E-state index in [9.17, 15) is 4.79 Å². The van der Waals surface area contributed by atoms with Gasteiger partial charge in [0.1, 0.15) is 11.9 Å². The highest BCUT2D eigenvalue weighted by Gasteiger charge is 2.30. The van der Waals surface area contributed by atoms with Gasteiger partial charge in [-0.1, -0.05) is 18.2 Å². The fourth-order valence-electron chi connectivity index (χ4n) is 2.56. The van der Waals surface area contributed by atoms with Crippen molar-refractivity contribution < 1.29 is 9.53 Å². The molecule has 1 fully saturated rings. The summed E-state index contributed by atoms with van der Waals surface area (Å²) < 4.78 is 5.96. The van der Waals surface area contributed by atoms with Crippen molar-refractivity contribution in [1.29, 1.82) is 0 Å². The van der Waals surface area contributed by atoms with E-state index in [4.69, 9.17) is 4.74 Å². The number of aromatic nitrogens is 2. The Bertz CT molecular complexity index is 571. The van der Waals surface area contributed by atoms with Crippen molar-refractivity contribution in [3.63, 3.8) is 0 Å². The minimum atomic E-state index is -0.232. The Morgan fingerprint density at radius 1 is 1.29 bits per heavy atom. The maximum absolute atomic E-state index is 11.9. The van der Waals surface area contributed by atoms with Crippen LogP contribution in [0.1, 0.15) is 19.3 Å². The van der Waals surface area contributed by atoms with Gasteiger partial charge >= 0.3 is 6.03 Å². The molecule has 2 atom stereocenters. The predicted molar refractivity (Wildman–Crippen MR) is 79.2 cm³/mol. The molecule has 2 aromatic rings. The molecule has 1 aliphatic rings. The quantitative estimate of drug-likeness (QED) is 0.808. The van der Waals surface area contributed by atoms with Gasteiger partial charge in [-0.3, -0.25) is 5.10 Å². The number of H-pyrrole nitrogens is 1. The van der Waals surface area contributed by atoms with Gasteiger partial charge in [-0.05, 0) is 31.4 Å². The maximum atomic E-state index is 11.9. The van der Waals surface area contributed by atoms with Gasteiger partial charge in [0.15, 0.2) is 0 Å². The first-order valence-electron chi connectivity index (χ1n) is 7.09. The number of ether oxygens (including phenoxy) is 1. The van der Waals surface area contributed by atoms with Gasteiger partial charge in [-0.15, -0.1) is 0 Å². The second-order valence-corrected chi connectivity index (χ2v) is 5.09. The van der Waals surface area contributed by atoms with E-state index in [1.165, 1.54) is 0 Å². The van der Waals surface area contributed by atoms with Crippen molar-refractivity contribution in [3.8, 4) is 5.75 Å². The lowest BCUT2D eigenvalue weighted by Crippen LogP contribution is -2.44. The number of rotatable bonds is 4. The SMILES string of the molecule is O=C(Nc1cn[nH]c1)N[C@@H]1CCC[C@@H]1Oc1ccccc1. The number of nitrogens with zero attached hydrogens (tertiary/aromatic N) is 1. The summed E-state index contributed by atoms with van der Waals surface area (Å²) in [7, 11) is 0. The van der Waals surface area contributed by atoms with E-state index < -0.39 is 0 Å². The summed E-state index contributed by atoms with van der Waals surface area (Å²) in [4.78, 5) is 11.9. The lowest BCUT2D eigenvalue weighted by molar-refractivity contribution is 0.175. The summed E-state index contributed by atoms with van der Waals surface area (Å²) in [6.07, 6.45) is 6.14. The first-order valence-corrected chi connectivity index (χ1v) is 7.09. The Balaban J connectivity index is 1.55. The largest absolute Gasteiger partial charge is 0.488 e. The van der Waals surface area contributed by atoms with Crippen LogP contribution in [-0.4, -0.2) is 28.4 Å². The Hall–Kier alpha value is -2.50. The molecule has 1 aliphatic carbocycles. The van der Waals surface area contributed by atoms with Crippen molar-refractivity contribution >= 4 is 11.7 Å². The summed E-state index contributed by atoms with van der Waals surface area (Å²) >= 11 is 0. The van der Waals surface area contributed by atoms with Crippen LogP contribution in [0.3, 0.4) is 0 Å². The molecule has 0 bridgehead atoms. The molecular formula is C15H18N4O2. The number of aromatic amines is 1. The van der Waals surface area contributed by atoms with Gasteiger partial charge in [0.05, 0.1) is 17.9 Å². The third-order valence-electron chi connectivity index (χ3n) is 3.56. The molecule has 110 valence electrons. The smallest absolute Gasteiger partial charge is 0.319 e. The molecule has 1 saturated carbocycles. The molecule has 2 amide bonds. The van der Waals surface area contributed by atoms with E-state index in [2.05, 4.69) is 20.8 Å². The van der Waals surface area contributed by atoms with Gasteiger partial charge in [-0.25, -0.2) is 4.79 Å². The van der Waals surface area contributed by atoms with Gasteiger partial charge in [-0.2, -0.15) is 5.10 Å². The summed E-state index contributed by atoms with van der Waals surface area (Å²) in [6, 6.07) is 9.50. The zero-order valence-corrected chi connectivity index (χ0v) is 11.6. The molecule has 6 nitrogen and oxygen atoms in total. The molecule has 1 heterocycles. The molecular weight excluding hydrogens is 268 g/mol. The zero-order valence-electron chi connectivity index (χ0n) is 11.6. The summed E-state index contributed by atoms with van der Waals surface area (Å²) in [5, 5.41) is 12.1. The van der Waals surface area contributed by atoms with E-state index in [1.807, 2.05) is 30.3 Å². The minimum absolute atomic E-state index is 0.0162. The molecule has 0 radical (unpaired) electrons. The van der Waals surface area contributed by atoms with E-state index in [0.29, 0.717) is 5.69 Å². The molecule has 6 heteroatoms. The number of urea groups is 1. The first-order chi connectivity index (χ1) is 10.3. The van der Waals surface area contributed by atoms with Crippen molar-refractivity contribution in [2.24, 2.45) is 0 Å². The van der Waals surface area contributed by atoms with Gasteiger partial charge in [0, 0.05) is 6.20 Å². The monoisotopic (exact) mass is 286 g/mol. The molecule has 1 aromatic carbocycles. The number of nitrogens with one attached hydrogen (secondary N) is 3. The first kappa shape index (κ1) is 13.5. The number of para-hydroxylation sites is 1. The van der Waals surface area contributed by atoms with E-state index in [0.717, 1.165) is 25.0 Å². The molecule has 1 aromatic heterocycles. The second-order valence-electron chi connectivity index (χ2n) is 5.09. The number of carbonyl (C=O) groups is 1. The Morgan fingerprint density at radius 2 is 2.14 bits per heavy atom. The number of hydrogen-bond donors (Lipinski definition) is 3. The van der Waals surface area contributed by atoms with Crippen LogP contribution < -0.4 is 15.4 Å². The van der Waals surface area contributed by atoms with E-state index in [-0.39, 0.29) is 18.2 Å². The molecule has 21 heavy (non-hydrogen) atoms. The molecule has 0 spiro atoms. The molecule has 3 rings (SSSR count). The summed E-state index contributed by atoms with van der Waals surface area (Å²) in [5.74, 6) is 0.839. The Kier molecular flexibility index (Phi) is 4.04. The Labute approximate surface area is 122 Å². The highest BCUT2D eigenvalue weighted by molar-refractivity contribution is 5.89. The van der Waals surface area contributed by atoms with Gasteiger partial charge < -0.3 is 15.4 Å². The van der Waals surface area contributed by atoms with E-state index in [1.54, 1.807) is 12.4 Å². The van der Waals surface area contributed by atoms with Crippen LogP contribution in [0.25, 0.3) is 0 Å². The number of carbonyl (C=O) groups excluding carboxylic acids is 1. The topological polar surface area (TPSA) is 79.0 Å². The van der Waals surface area contributed by atoms with Crippen molar-refractivity contribution in [2.45, 2.75) is 31.4 Å². The molecule has 0 saturated heterocycles. The summed E-state index contributed by atoms with van der Waals surface area (Å²) in [5.41, 5.74) is 0.644. The lowest BCUT2D eigenvalue weighted by Gasteiger charge is -2.22. The van der Waals surface area contributed by atoms with Gasteiger partial charge in [0.2, 0.25) is 0 Å². The highest BCUT2D eigenvalue weighted by Crippen LogP contribution is 2.24. The van der Waals surface area contributed by atoms with Gasteiger partial charge in [0.25, 0.3) is 0 Å². The number of amides is 2. The average molecular weight is 286 g/mol. The fraction of sp³-hybridized carbons (Fsp3) is 0.333. The van der Waals surface area contributed by atoms with Crippen molar-refractivity contribution in [1.82, 2.24) is 15.5 Å². The van der Waals surface area contributed by atoms with Crippen LogP contribution in [0.4, 0.5) is 10.5 Å². The van der Waals surface area contributed by atoms with Crippen LogP contribution in [0.5, 0.6) is 5.75 Å². The molecule has 0 unspecified atom stereocenters. The highest BCUT2D eigenvalue weighted by atomic mass is 16.5. The number of anilines is 1. The van der Waals surface area contributed by atoms with Crippen LogP contribution in [-0.2, 0) is 0 Å². The number of hydrogen-bond acceptors (Lipinski definition) is 3. The van der Waals surface area contributed by atoms with Crippen LogP contribution >= 0.6 is 0 Å². The maximum Gasteiger partial charge on any atom is 0.319 e. The normalized spacial score (nSPS) is 21.0. The zero-order chi connectivity index (χ0) is 14.5. The predicted octanol–water partition coefficient (Wildman–Crippen LogP) is 2.53. The standard InChI is InChI=1S/C15H18N4O2/c20-15(18-11-9-16-17-10-11)19-13-7-4-8-14(13)21-12-5-2-1-3-6-12/h1-3,5-6,9-10,13-14H,4,7-8H2,(H,16,17)(H2,18,19,20)/t13-,14+/m1/s1. The van der Waals surface area contributed by atoms with Crippen LogP contribution in [0, 0.1) is 0 Å². The molecule has 3 N–H and O–H groups in total. The molecule has 0 aliphatic heterocycles. The van der Waals surface area contributed by atoms with Crippen LogP contribution in [0.15, 0.2) is 42.7 Å². The van der Waals surface area contributed by atoms with Crippen molar-refractivity contribution in [3.05, 3.63) is 42.7 Å². The van der Waals surface area contributed by atoms with Crippen LogP contribution in [0.2, 0.25) is 0 Å². The third kappa shape index (κ3) is 3.53. The average Bonchev–Trinajstić information content (AvgIpc) is 3.13.